The summed E-state index contributed by atoms with van der Waals surface area (Å²) in [4.78, 5) is 14.3. The van der Waals surface area contributed by atoms with Gasteiger partial charge in [0.15, 0.2) is 0 Å². The Labute approximate surface area is 122 Å². The van der Waals surface area contributed by atoms with Crippen molar-refractivity contribution in [2.75, 3.05) is 0 Å². The molecule has 1 fully saturated rings. The van der Waals surface area contributed by atoms with Crippen LogP contribution in [0.4, 0.5) is 8.78 Å². The summed E-state index contributed by atoms with van der Waals surface area (Å²) in [6.45, 7) is 7.54. The van der Waals surface area contributed by atoms with Crippen molar-refractivity contribution >= 4 is 18.5 Å². The molecular formula is C13H17BF2N2O3. The van der Waals surface area contributed by atoms with Gasteiger partial charge in [0.2, 0.25) is 0 Å². The van der Waals surface area contributed by atoms with E-state index in [0.717, 1.165) is 6.07 Å². The number of hydrogen-bond acceptors (Lipinski definition) is 4. The lowest BCUT2D eigenvalue weighted by Crippen LogP contribution is -2.41. The van der Waals surface area contributed by atoms with Crippen molar-refractivity contribution in [1.29, 1.82) is 0 Å². The minimum absolute atomic E-state index is 0.498. The van der Waals surface area contributed by atoms with E-state index in [1.54, 1.807) is 0 Å². The van der Waals surface area contributed by atoms with Crippen LogP contribution >= 0.6 is 0 Å². The van der Waals surface area contributed by atoms with Gasteiger partial charge in [-0.15, -0.1) is 0 Å². The molecule has 114 valence electrons. The van der Waals surface area contributed by atoms with Gasteiger partial charge in [-0.2, -0.15) is 8.78 Å². The number of nitrogens with zero attached hydrogens (tertiary/aromatic N) is 1. The largest absolute Gasteiger partial charge is 0.496 e. The Morgan fingerprint density at radius 2 is 1.76 bits per heavy atom. The van der Waals surface area contributed by atoms with E-state index in [9.17, 15) is 13.6 Å². The predicted octanol–water partition coefficient (Wildman–Crippen LogP) is 0.958. The highest BCUT2D eigenvalue weighted by Gasteiger charge is 2.52. The lowest BCUT2D eigenvalue weighted by molar-refractivity contribution is -0.143. The van der Waals surface area contributed by atoms with Crippen LogP contribution in [0.25, 0.3) is 0 Å². The molecule has 2 N–H and O–H groups in total. The summed E-state index contributed by atoms with van der Waals surface area (Å²) >= 11 is 0. The van der Waals surface area contributed by atoms with Crippen molar-refractivity contribution < 1.29 is 22.9 Å². The van der Waals surface area contributed by atoms with E-state index in [-0.39, 0.29) is 0 Å². The minimum Gasteiger partial charge on any atom is -0.399 e. The number of pyridine rings is 1. The fourth-order valence-electron chi connectivity index (χ4n) is 1.84. The summed E-state index contributed by atoms with van der Waals surface area (Å²) in [5, 5.41) is 0. The first-order valence-electron chi connectivity index (χ1n) is 6.47. The van der Waals surface area contributed by atoms with Crippen molar-refractivity contribution in [2.45, 2.75) is 44.8 Å². The molecule has 0 unspecified atom stereocenters. The number of primary amides is 1. The zero-order chi connectivity index (χ0) is 16.1. The van der Waals surface area contributed by atoms with E-state index < -0.39 is 35.8 Å². The fourth-order valence-corrected chi connectivity index (χ4v) is 1.84. The average Bonchev–Trinajstić information content (AvgIpc) is 2.58. The van der Waals surface area contributed by atoms with Gasteiger partial charge < -0.3 is 15.0 Å². The first-order valence-corrected chi connectivity index (χ1v) is 6.47. The standard InChI is InChI=1S/C13H17BF2N2O3/c1-11(2)12(3,4)21-14(20-11)8-5-6-9(18-7-8)13(15,16)10(17)19/h5-7H,1-4H3,(H2,17,19). The summed E-state index contributed by atoms with van der Waals surface area (Å²) in [5.74, 6) is -5.53. The summed E-state index contributed by atoms with van der Waals surface area (Å²) in [5.41, 5.74) is 3.39. The van der Waals surface area contributed by atoms with Gasteiger partial charge in [-0.05, 0) is 33.8 Å². The Morgan fingerprint density at radius 1 is 1.24 bits per heavy atom. The number of aromatic nitrogens is 1. The topological polar surface area (TPSA) is 74.4 Å². The van der Waals surface area contributed by atoms with E-state index in [1.165, 1.54) is 12.3 Å². The molecule has 0 aliphatic carbocycles. The Balaban J connectivity index is 2.24. The van der Waals surface area contributed by atoms with Gasteiger partial charge in [0.1, 0.15) is 5.69 Å². The molecule has 5 nitrogen and oxygen atoms in total. The van der Waals surface area contributed by atoms with Crippen LogP contribution in [-0.4, -0.2) is 29.2 Å². The molecule has 0 atom stereocenters. The van der Waals surface area contributed by atoms with Crippen molar-refractivity contribution in [1.82, 2.24) is 4.98 Å². The second-order valence-corrected chi connectivity index (χ2v) is 6.00. The van der Waals surface area contributed by atoms with Crippen molar-refractivity contribution in [3.63, 3.8) is 0 Å². The smallest absolute Gasteiger partial charge is 0.399 e. The van der Waals surface area contributed by atoms with Crippen LogP contribution in [0, 0.1) is 0 Å². The molecule has 1 aliphatic heterocycles. The van der Waals surface area contributed by atoms with Crippen LogP contribution < -0.4 is 11.2 Å². The molecule has 2 rings (SSSR count). The van der Waals surface area contributed by atoms with Crippen LogP contribution in [0.3, 0.4) is 0 Å². The van der Waals surface area contributed by atoms with Gasteiger partial charge in [0.05, 0.1) is 11.2 Å². The normalized spacial score (nSPS) is 20.6. The van der Waals surface area contributed by atoms with Gasteiger partial charge in [0.25, 0.3) is 5.91 Å². The number of carbonyl (C=O) groups excluding carboxylic acids is 1. The summed E-state index contributed by atoms with van der Waals surface area (Å²) in [6.07, 6.45) is 1.20. The molecule has 1 aliphatic rings. The molecule has 1 amide bonds. The summed E-state index contributed by atoms with van der Waals surface area (Å²) < 4.78 is 38.4. The number of amides is 1. The highest BCUT2D eigenvalue weighted by Crippen LogP contribution is 2.36. The van der Waals surface area contributed by atoms with Crippen molar-refractivity contribution in [2.24, 2.45) is 5.73 Å². The maximum Gasteiger partial charge on any atom is 0.496 e. The molecule has 0 bridgehead atoms. The van der Waals surface area contributed by atoms with Crippen molar-refractivity contribution in [3.05, 3.63) is 24.0 Å². The zero-order valence-electron chi connectivity index (χ0n) is 12.3. The summed E-state index contributed by atoms with van der Waals surface area (Å²) in [6, 6.07) is 2.44. The molecule has 2 heterocycles. The van der Waals surface area contributed by atoms with Crippen LogP contribution in [0.2, 0.25) is 0 Å². The Bertz CT molecular complexity index is 545. The van der Waals surface area contributed by atoms with Crippen molar-refractivity contribution in [3.8, 4) is 0 Å². The molecule has 21 heavy (non-hydrogen) atoms. The predicted molar refractivity (Wildman–Crippen MR) is 73.0 cm³/mol. The summed E-state index contributed by atoms with van der Waals surface area (Å²) in [7, 11) is -0.696. The SMILES string of the molecule is CC1(C)OB(c2ccc(C(F)(F)C(N)=O)nc2)OC1(C)C. The van der Waals surface area contributed by atoms with Gasteiger partial charge in [-0.1, -0.05) is 6.07 Å². The third-order valence-electron chi connectivity index (χ3n) is 3.94. The Hall–Kier alpha value is -1.54. The highest BCUT2D eigenvalue weighted by atomic mass is 19.3. The average molecular weight is 298 g/mol. The fraction of sp³-hybridized carbons (Fsp3) is 0.538. The number of nitrogens with two attached hydrogens (primary N) is 1. The third kappa shape index (κ3) is 2.65. The number of carbonyl (C=O) groups is 1. The van der Waals surface area contributed by atoms with E-state index in [0.29, 0.717) is 5.46 Å². The second-order valence-electron chi connectivity index (χ2n) is 6.00. The second kappa shape index (κ2) is 4.74. The van der Waals surface area contributed by atoms with Crippen LogP contribution in [0.1, 0.15) is 33.4 Å². The Kier molecular flexibility index (Phi) is 3.58. The molecule has 0 radical (unpaired) electrons. The lowest BCUT2D eigenvalue weighted by Gasteiger charge is -2.32. The molecule has 0 saturated carbocycles. The van der Waals surface area contributed by atoms with Gasteiger partial charge in [-0.25, -0.2) is 0 Å². The van der Waals surface area contributed by atoms with E-state index in [4.69, 9.17) is 9.31 Å². The third-order valence-corrected chi connectivity index (χ3v) is 3.94. The molecule has 8 heteroatoms. The molecule has 0 spiro atoms. The van der Waals surface area contributed by atoms with Crippen LogP contribution in [-0.2, 0) is 20.0 Å². The molecule has 0 aromatic carbocycles. The monoisotopic (exact) mass is 298 g/mol. The molecule has 1 saturated heterocycles. The highest BCUT2D eigenvalue weighted by molar-refractivity contribution is 6.62. The molecule has 1 aromatic heterocycles. The van der Waals surface area contributed by atoms with E-state index >= 15 is 0 Å². The quantitative estimate of drug-likeness (QED) is 0.843. The van der Waals surface area contributed by atoms with Crippen LogP contribution in [0.5, 0.6) is 0 Å². The van der Waals surface area contributed by atoms with E-state index in [2.05, 4.69) is 10.7 Å². The van der Waals surface area contributed by atoms with Gasteiger partial charge >= 0.3 is 13.0 Å². The number of hydrogen-bond donors (Lipinski definition) is 1. The number of alkyl halides is 2. The molecular weight excluding hydrogens is 281 g/mol. The number of rotatable bonds is 3. The lowest BCUT2D eigenvalue weighted by atomic mass is 9.80. The van der Waals surface area contributed by atoms with Crippen LogP contribution in [0.15, 0.2) is 18.3 Å². The van der Waals surface area contributed by atoms with Gasteiger partial charge in [-0.3, -0.25) is 9.78 Å². The zero-order valence-corrected chi connectivity index (χ0v) is 12.3. The minimum atomic E-state index is -3.80. The first-order chi connectivity index (χ1) is 9.47. The number of halogens is 2. The van der Waals surface area contributed by atoms with E-state index in [1.807, 2.05) is 27.7 Å². The maximum absolute atomic E-state index is 13.4. The first kappa shape index (κ1) is 15.8. The van der Waals surface area contributed by atoms with Gasteiger partial charge in [0, 0.05) is 11.7 Å². The molecule has 1 aromatic rings. The Morgan fingerprint density at radius 3 is 2.14 bits per heavy atom. The maximum atomic E-state index is 13.4.